The molecular weight excluding hydrogens is 530 g/mol. The smallest absolute Gasteiger partial charge is 0.243 e. The van der Waals surface area contributed by atoms with Crippen LogP contribution in [-0.2, 0) is 36.8 Å². The van der Waals surface area contributed by atoms with Crippen molar-refractivity contribution in [1.82, 2.24) is 16.0 Å². The summed E-state index contributed by atoms with van der Waals surface area (Å²) in [4.78, 5) is 53.1. The molecule has 3 rings (SSSR count). The molecule has 1 aliphatic rings. The Labute approximate surface area is 250 Å². The Morgan fingerprint density at radius 2 is 1.21 bits per heavy atom. The van der Waals surface area contributed by atoms with Crippen molar-refractivity contribution in [3.05, 3.63) is 71.8 Å². The number of aryl methyl sites for hydroxylation is 1. The topological polar surface area (TPSA) is 117 Å². The monoisotopic (exact) mass is 577 g/mol. The van der Waals surface area contributed by atoms with Gasteiger partial charge in [0.25, 0.3) is 0 Å². The molecule has 2 aromatic carbocycles. The van der Waals surface area contributed by atoms with E-state index in [4.69, 9.17) is 4.74 Å². The lowest BCUT2D eigenvalue weighted by molar-refractivity contribution is -0.134. The van der Waals surface area contributed by atoms with Crippen molar-refractivity contribution in [3.63, 3.8) is 0 Å². The molecule has 0 aliphatic carbocycles. The Morgan fingerprint density at radius 3 is 1.76 bits per heavy atom. The van der Waals surface area contributed by atoms with E-state index in [-0.39, 0.29) is 36.1 Å². The van der Waals surface area contributed by atoms with Crippen LogP contribution in [0.3, 0.4) is 0 Å². The molecule has 1 unspecified atom stereocenters. The van der Waals surface area contributed by atoms with Crippen LogP contribution in [0.4, 0.5) is 0 Å². The summed E-state index contributed by atoms with van der Waals surface area (Å²) in [5, 5.41) is 8.71. The van der Waals surface area contributed by atoms with E-state index in [1.54, 1.807) is 0 Å². The summed E-state index contributed by atoms with van der Waals surface area (Å²) in [6.45, 7) is 9.79. The number of amides is 3. The summed E-state index contributed by atoms with van der Waals surface area (Å²) in [7, 11) is 0. The summed E-state index contributed by atoms with van der Waals surface area (Å²) in [5.41, 5.74) is 2.03. The molecule has 2 aromatic rings. The Kier molecular flexibility index (Phi) is 12.7. The first-order valence-electron chi connectivity index (χ1n) is 15.2. The maximum atomic E-state index is 13.6. The molecule has 1 heterocycles. The van der Waals surface area contributed by atoms with Gasteiger partial charge in [-0.2, -0.15) is 0 Å². The van der Waals surface area contributed by atoms with Gasteiger partial charge < -0.3 is 20.7 Å². The van der Waals surface area contributed by atoms with Crippen LogP contribution in [0.15, 0.2) is 60.7 Å². The maximum absolute atomic E-state index is 13.6. The van der Waals surface area contributed by atoms with E-state index < -0.39 is 36.0 Å². The van der Waals surface area contributed by atoms with E-state index in [0.717, 1.165) is 17.5 Å². The van der Waals surface area contributed by atoms with Gasteiger partial charge in [0.2, 0.25) is 17.7 Å². The van der Waals surface area contributed by atoms with E-state index in [0.29, 0.717) is 25.7 Å². The highest BCUT2D eigenvalue weighted by molar-refractivity contribution is 5.96. The third-order valence-electron chi connectivity index (χ3n) is 7.35. The number of benzene rings is 2. The lowest BCUT2D eigenvalue weighted by atomic mass is 9.96. The largest absolute Gasteiger partial charge is 0.361 e. The van der Waals surface area contributed by atoms with Crippen LogP contribution in [0.25, 0.3) is 0 Å². The third-order valence-corrected chi connectivity index (χ3v) is 7.35. The molecule has 3 amide bonds. The fourth-order valence-electron chi connectivity index (χ4n) is 5.07. The highest BCUT2D eigenvalue weighted by Gasteiger charge is 2.44. The summed E-state index contributed by atoms with van der Waals surface area (Å²) >= 11 is 0. The molecule has 0 aromatic heterocycles. The molecular formula is C34H47N3O5. The SMILES string of the molecule is CC(C)C[C@H](NC(=O)CCCc1ccccc1)C(=O)N[C@H](Cc1ccccc1)C(=O)N[C@@H](CC(C)C)C(=O)C1O[C@@H]1C. The molecule has 8 heteroatoms. The Bertz CT molecular complexity index is 1170. The summed E-state index contributed by atoms with van der Waals surface area (Å²) in [5.74, 6) is -0.880. The second kappa shape index (κ2) is 16.2. The van der Waals surface area contributed by atoms with Crippen LogP contribution in [0.1, 0.15) is 71.4 Å². The standard InChI is InChI=1S/C34H47N3O5/c1-22(2)19-27(31(39)32-24(5)42-32)36-34(41)29(21-26-15-10-7-11-16-26)37-33(40)28(20-23(3)4)35-30(38)18-12-17-25-13-8-6-9-14-25/h6-11,13-16,22-24,27-29,32H,12,17-21H2,1-5H3,(H,35,38)(H,36,41)(H,37,40)/t24-,27+,28+,29-,32?/m1/s1. The van der Waals surface area contributed by atoms with Gasteiger partial charge in [0.1, 0.15) is 18.2 Å². The van der Waals surface area contributed by atoms with E-state index >= 15 is 0 Å². The van der Waals surface area contributed by atoms with Gasteiger partial charge in [0.05, 0.1) is 12.1 Å². The first-order chi connectivity index (χ1) is 20.0. The van der Waals surface area contributed by atoms with Gasteiger partial charge in [0, 0.05) is 12.8 Å². The fourth-order valence-corrected chi connectivity index (χ4v) is 5.07. The molecule has 0 radical (unpaired) electrons. The lowest BCUT2D eigenvalue weighted by Crippen LogP contribution is -2.57. The quantitative estimate of drug-likeness (QED) is 0.244. The fraction of sp³-hybridized carbons (Fsp3) is 0.529. The number of Topliss-reactive ketones (excluding diaryl/α,β-unsaturated/α-hetero) is 1. The minimum absolute atomic E-state index is 0.139. The molecule has 0 bridgehead atoms. The highest BCUT2D eigenvalue weighted by Crippen LogP contribution is 2.25. The van der Waals surface area contributed by atoms with Crippen molar-refractivity contribution in [1.29, 1.82) is 0 Å². The van der Waals surface area contributed by atoms with Crippen LogP contribution >= 0.6 is 0 Å². The van der Waals surface area contributed by atoms with E-state index in [9.17, 15) is 19.2 Å². The van der Waals surface area contributed by atoms with Crippen molar-refractivity contribution in [2.75, 3.05) is 0 Å². The van der Waals surface area contributed by atoms with Crippen LogP contribution in [0, 0.1) is 11.8 Å². The molecule has 8 nitrogen and oxygen atoms in total. The normalized spacial score (nSPS) is 18.2. The Balaban J connectivity index is 1.70. The van der Waals surface area contributed by atoms with Crippen molar-refractivity contribution >= 4 is 23.5 Å². The number of carbonyl (C=O) groups is 4. The van der Waals surface area contributed by atoms with Crippen LogP contribution in [0.2, 0.25) is 0 Å². The number of epoxide rings is 1. The maximum Gasteiger partial charge on any atom is 0.243 e. The summed E-state index contributed by atoms with van der Waals surface area (Å²) < 4.78 is 5.39. The van der Waals surface area contributed by atoms with Gasteiger partial charge in [-0.3, -0.25) is 19.2 Å². The number of ketones is 1. The van der Waals surface area contributed by atoms with Gasteiger partial charge in [-0.1, -0.05) is 88.4 Å². The highest BCUT2D eigenvalue weighted by atomic mass is 16.6. The van der Waals surface area contributed by atoms with Crippen LogP contribution in [0.5, 0.6) is 0 Å². The van der Waals surface area contributed by atoms with E-state index in [1.165, 1.54) is 0 Å². The molecule has 1 aliphatic heterocycles. The molecule has 5 atom stereocenters. The number of hydrogen-bond donors (Lipinski definition) is 3. The molecule has 0 spiro atoms. The van der Waals surface area contributed by atoms with E-state index in [1.807, 2.05) is 95.3 Å². The number of nitrogens with one attached hydrogen (secondary N) is 3. The second-order valence-corrected chi connectivity index (χ2v) is 12.2. The van der Waals surface area contributed by atoms with Gasteiger partial charge in [-0.15, -0.1) is 0 Å². The van der Waals surface area contributed by atoms with Crippen LogP contribution in [-0.4, -0.2) is 53.8 Å². The zero-order chi connectivity index (χ0) is 30.6. The minimum Gasteiger partial charge on any atom is -0.361 e. The van der Waals surface area contributed by atoms with E-state index in [2.05, 4.69) is 16.0 Å². The number of rotatable bonds is 17. The average Bonchev–Trinajstić information content (AvgIpc) is 3.68. The number of ether oxygens (including phenoxy) is 1. The zero-order valence-electron chi connectivity index (χ0n) is 25.6. The summed E-state index contributed by atoms with van der Waals surface area (Å²) in [6, 6.07) is 17.0. The van der Waals surface area contributed by atoms with Crippen molar-refractivity contribution in [2.24, 2.45) is 11.8 Å². The minimum atomic E-state index is -0.926. The molecule has 228 valence electrons. The molecule has 1 fully saturated rings. The third kappa shape index (κ3) is 11.0. The predicted molar refractivity (Wildman–Crippen MR) is 164 cm³/mol. The lowest BCUT2D eigenvalue weighted by Gasteiger charge is -2.26. The van der Waals surface area contributed by atoms with Gasteiger partial charge >= 0.3 is 0 Å². The second-order valence-electron chi connectivity index (χ2n) is 12.2. The molecule has 0 saturated carbocycles. The zero-order valence-corrected chi connectivity index (χ0v) is 25.6. The van der Waals surface area contributed by atoms with Gasteiger partial charge in [-0.25, -0.2) is 0 Å². The molecule has 1 saturated heterocycles. The predicted octanol–water partition coefficient (Wildman–Crippen LogP) is 4.16. The first-order valence-corrected chi connectivity index (χ1v) is 15.2. The number of carbonyl (C=O) groups excluding carboxylic acids is 4. The average molecular weight is 578 g/mol. The molecule has 3 N–H and O–H groups in total. The van der Waals surface area contributed by atoms with Crippen molar-refractivity contribution < 1.29 is 23.9 Å². The Hall–Kier alpha value is -3.52. The van der Waals surface area contributed by atoms with Crippen molar-refractivity contribution in [3.8, 4) is 0 Å². The van der Waals surface area contributed by atoms with Crippen molar-refractivity contribution in [2.45, 2.75) is 103 Å². The first kappa shape index (κ1) is 33.0. The van der Waals surface area contributed by atoms with Gasteiger partial charge in [-0.05, 0) is 55.6 Å². The summed E-state index contributed by atoms with van der Waals surface area (Å²) in [6.07, 6.45) is 2.22. The van der Waals surface area contributed by atoms with Crippen LogP contribution < -0.4 is 16.0 Å². The molecule has 42 heavy (non-hydrogen) atoms. The van der Waals surface area contributed by atoms with Gasteiger partial charge in [0.15, 0.2) is 5.78 Å². The Morgan fingerprint density at radius 1 is 0.714 bits per heavy atom. The number of hydrogen-bond acceptors (Lipinski definition) is 5.